The largest absolute Gasteiger partial charge is 0.618 e. The van der Waals surface area contributed by atoms with Crippen LogP contribution in [-0.2, 0) is 0 Å². The molecule has 10 nitrogen and oxygen atoms in total. The van der Waals surface area contributed by atoms with Crippen molar-refractivity contribution >= 4 is 39.6 Å². The zero-order valence-corrected chi connectivity index (χ0v) is 16.3. The van der Waals surface area contributed by atoms with E-state index in [1.54, 1.807) is 10.6 Å². The number of non-ortho nitro benzene ring substituents is 1. The number of hydrogen-bond acceptors (Lipinski definition) is 7. The van der Waals surface area contributed by atoms with E-state index in [4.69, 9.17) is 0 Å². The molecule has 0 radical (unpaired) electrons. The summed E-state index contributed by atoms with van der Waals surface area (Å²) in [5.41, 5.74) is 1.41. The molecule has 0 aliphatic heterocycles. The van der Waals surface area contributed by atoms with Gasteiger partial charge in [-0.1, -0.05) is 29.8 Å². The number of imidazole rings is 1. The summed E-state index contributed by atoms with van der Waals surface area (Å²) in [6.45, 7) is 1.95. The highest BCUT2D eigenvalue weighted by molar-refractivity contribution is 7.15. The summed E-state index contributed by atoms with van der Waals surface area (Å²) in [5.74, 6) is 0. The lowest BCUT2D eigenvalue weighted by molar-refractivity contribution is -0.413. The number of fused-ring (bicyclic) bond motifs is 1. The van der Waals surface area contributed by atoms with Crippen molar-refractivity contribution in [1.82, 2.24) is 9.38 Å². The van der Waals surface area contributed by atoms with Gasteiger partial charge >= 0.3 is 5.69 Å². The van der Waals surface area contributed by atoms with Gasteiger partial charge in [-0.05, 0) is 6.92 Å². The fraction of sp³-hybridized carbons (Fsp3) is 0.0526. The first-order valence-corrected chi connectivity index (χ1v) is 9.50. The Labute approximate surface area is 172 Å². The molecule has 0 aliphatic rings. The van der Waals surface area contributed by atoms with Crippen molar-refractivity contribution in [2.45, 2.75) is 6.92 Å². The summed E-state index contributed by atoms with van der Waals surface area (Å²) < 4.78 is 2.04. The Kier molecular flexibility index (Phi) is 4.72. The van der Waals surface area contributed by atoms with Crippen LogP contribution in [0, 0.1) is 32.4 Å². The van der Waals surface area contributed by atoms with Crippen molar-refractivity contribution in [2.75, 3.05) is 0 Å². The standard InChI is InChI=1S/C19H13N5O5S/c1-12-2-4-13(5-3-12)18-17(21-8-9-30-19(21)20-18)11-22(25)15-7-6-14(23(26)27)10-16(15)24(28)29/h2-11H,1H3/b22-11+. The van der Waals surface area contributed by atoms with E-state index in [2.05, 4.69) is 4.98 Å². The minimum absolute atomic E-state index is 0.314. The van der Waals surface area contributed by atoms with Gasteiger partial charge in [0.25, 0.3) is 11.4 Å². The average Bonchev–Trinajstić information content (AvgIpc) is 3.30. The molecule has 2 aromatic heterocycles. The van der Waals surface area contributed by atoms with E-state index in [0.717, 1.165) is 29.3 Å². The summed E-state index contributed by atoms with van der Waals surface area (Å²) in [5, 5.41) is 37.0. The predicted octanol–water partition coefficient (Wildman–Crippen LogP) is 4.45. The lowest BCUT2D eigenvalue weighted by Gasteiger charge is -2.05. The molecule has 0 aliphatic carbocycles. The van der Waals surface area contributed by atoms with E-state index < -0.39 is 21.2 Å². The smallest absolute Gasteiger partial charge is 0.348 e. The Balaban J connectivity index is 1.88. The molecule has 2 aromatic carbocycles. The van der Waals surface area contributed by atoms with Crippen molar-refractivity contribution in [3.63, 3.8) is 0 Å². The van der Waals surface area contributed by atoms with Crippen LogP contribution in [0.2, 0.25) is 0 Å². The van der Waals surface area contributed by atoms with Crippen LogP contribution in [0.15, 0.2) is 54.0 Å². The quantitative estimate of drug-likeness (QED) is 0.153. The fourth-order valence-corrected chi connectivity index (χ4v) is 3.71. The van der Waals surface area contributed by atoms with Crippen LogP contribution >= 0.6 is 11.3 Å². The number of nitro benzene ring substituents is 2. The molecule has 0 N–H and O–H groups in total. The summed E-state index contributed by atoms with van der Waals surface area (Å²) in [4.78, 5) is 26.0. The molecule has 11 heteroatoms. The van der Waals surface area contributed by atoms with Gasteiger partial charge < -0.3 is 5.21 Å². The van der Waals surface area contributed by atoms with Gasteiger partial charge in [-0.15, -0.1) is 11.3 Å². The molecule has 0 amide bonds. The summed E-state index contributed by atoms with van der Waals surface area (Å²) in [6.07, 6.45) is 2.94. The van der Waals surface area contributed by atoms with Crippen LogP contribution in [0.25, 0.3) is 16.2 Å². The van der Waals surface area contributed by atoms with Crippen LogP contribution in [0.1, 0.15) is 11.3 Å². The van der Waals surface area contributed by atoms with Crippen LogP contribution in [0.4, 0.5) is 17.1 Å². The topological polar surface area (TPSA) is 130 Å². The zero-order chi connectivity index (χ0) is 21.4. The number of thiazole rings is 1. The fourth-order valence-electron chi connectivity index (χ4n) is 2.99. The first kappa shape index (κ1) is 19.2. The highest BCUT2D eigenvalue weighted by atomic mass is 32.1. The maximum absolute atomic E-state index is 12.9. The SMILES string of the molecule is Cc1ccc(-c2nc3sccn3c2/C=[N+](/[O-])c2ccc([N+](=O)[O-])cc2[N+](=O)[O-])cc1. The van der Waals surface area contributed by atoms with Gasteiger partial charge in [0.15, 0.2) is 4.96 Å². The molecule has 0 saturated carbocycles. The monoisotopic (exact) mass is 423 g/mol. The van der Waals surface area contributed by atoms with Gasteiger partial charge in [0.05, 0.1) is 9.85 Å². The van der Waals surface area contributed by atoms with Gasteiger partial charge in [-0.3, -0.25) is 24.6 Å². The third kappa shape index (κ3) is 3.37. The highest BCUT2D eigenvalue weighted by Gasteiger charge is 2.26. The Morgan fingerprint density at radius 3 is 2.40 bits per heavy atom. The lowest BCUT2D eigenvalue weighted by Crippen LogP contribution is -2.05. The first-order valence-electron chi connectivity index (χ1n) is 8.62. The zero-order valence-electron chi connectivity index (χ0n) is 15.5. The van der Waals surface area contributed by atoms with Crippen LogP contribution in [0.5, 0.6) is 0 Å². The summed E-state index contributed by atoms with van der Waals surface area (Å²) >= 11 is 1.38. The second-order valence-electron chi connectivity index (χ2n) is 6.41. The van der Waals surface area contributed by atoms with Gasteiger partial charge in [-0.25, -0.2) is 4.98 Å². The van der Waals surface area contributed by atoms with Gasteiger partial charge in [-0.2, -0.15) is 4.74 Å². The Hall–Kier alpha value is -4.12. The van der Waals surface area contributed by atoms with Crippen molar-refractivity contribution in [1.29, 1.82) is 0 Å². The van der Waals surface area contributed by atoms with Crippen LogP contribution in [0.3, 0.4) is 0 Å². The van der Waals surface area contributed by atoms with E-state index in [1.807, 2.05) is 36.6 Å². The number of benzene rings is 2. The molecular formula is C19H13N5O5S. The number of hydrogen-bond donors (Lipinski definition) is 0. The third-order valence-corrected chi connectivity index (χ3v) is 5.22. The Morgan fingerprint density at radius 1 is 1.00 bits per heavy atom. The molecule has 0 unspecified atom stereocenters. The molecular weight excluding hydrogens is 410 g/mol. The van der Waals surface area contributed by atoms with E-state index in [0.29, 0.717) is 21.1 Å². The third-order valence-electron chi connectivity index (χ3n) is 4.47. The van der Waals surface area contributed by atoms with Crippen molar-refractivity contribution in [3.8, 4) is 11.3 Å². The molecule has 0 bridgehead atoms. The highest BCUT2D eigenvalue weighted by Crippen LogP contribution is 2.32. The van der Waals surface area contributed by atoms with Crippen LogP contribution < -0.4 is 0 Å². The summed E-state index contributed by atoms with van der Waals surface area (Å²) in [6, 6.07) is 10.5. The molecule has 30 heavy (non-hydrogen) atoms. The van der Waals surface area contributed by atoms with E-state index >= 15 is 0 Å². The van der Waals surface area contributed by atoms with E-state index in [-0.39, 0.29) is 5.69 Å². The molecule has 0 saturated heterocycles. The maximum Gasteiger partial charge on any atom is 0.348 e. The molecule has 0 fully saturated rings. The Morgan fingerprint density at radius 2 is 1.73 bits per heavy atom. The van der Waals surface area contributed by atoms with Crippen molar-refractivity contribution in [2.24, 2.45) is 0 Å². The first-order chi connectivity index (χ1) is 14.3. The second-order valence-corrected chi connectivity index (χ2v) is 7.28. The number of aryl methyl sites for hydroxylation is 1. The van der Waals surface area contributed by atoms with Gasteiger partial charge in [0, 0.05) is 29.3 Å². The number of nitro groups is 2. The number of rotatable bonds is 5. The van der Waals surface area contributed by atoms with E-state index in [1.165, 1.54) is 17.6 Å². The predicted molar refractivity (Wildman–Crippen MR) is 111 cm³/mol. The van der Waals surface area contributed by atoms with Crippen LogP contribution in [-0.4, -0.2) is 30.2 Å². The minimum atomic E-state index is -0.821. The van der Waals surface area contributed by atoms with Crippen molar-refractivity contribution in [3.05, 3.63) is 90.7 Å². The minimum Gasteiger partial charge on any atom is -0.618 e. The summed E-state index contributed by atoms with van der Waals surface area (Å²) in [7, 11) is 0. The molecule has 150 valence electrons. The Bertz CT molecular complexity index is 1320. The average molecular weight is 423 g/mol. The molecule has 0 atom stereocenters. The number of aromatic nitrogens is 2. The molecule has 2 heterocycles. The molecule has 0 spiro atoms. The number of nitrogens with zero attached hydrogens (tertiary/aromatic N) is 5. The lowest BCUT2D eigenvalue weighted by atomic mass is 10.1. The van der Waals surface area contributed by atoms with Gasteiger partial charge in [0.1, 0.15) is 17.5 Å². The normalized spacial score (nSPS) is 11.7. The molecule has 4 rings (SSSR count). The van der Waals surface area contributed by atoms with Crippen molar-refractivity contribution < 1.29 is 14.6 Å². The van der Waals surface area contributed by atoms with Gasteiger partial charge in [0.2, 0.25) is 6.21 Å². The maximum atomic E-state index is 12.9. The van der Waals surface area contributed by atoms with E-state index in [9.17, 15) is 25.4 Å². The second kappa shape index (κ2) is 7.37. The molecule has 4 aromatic rings.